The van der Waals surface area contributed by atoms with Gasteiger partial charge in [-0.2, -0.15) is 5.26 Å². The highest BCUT2D eigenvalue weighted by Gasteiger charge is 2.18. The Morgan fingerprint density at radius 3 is 2.69 bits per heavy atom. The van der Waals surface area contributed by atoms with E-state index in [4.69, 9.17) is 21.6 Å². The average molecular weight is 302 g/mol. The monoisotopic (exact) mass is 300 g/mol. The minimum atomic E-state index is 0.598. The number of benzene rings is 1. The molecule has 0 N–H and O–H groups in total. The Morgan fingerprint density at radius 2 is 2.06 bits per heavy atom. The number of hydrogen-bond donors (Lipinski definition) is 0. The van der Waals surface area contributed by atoms with Gasteiger partial charge in [-0.05, 0) is 12.1 Å². The molecule has 0 saturated carbocycles. The second-order valence-electron chi connectivity index (χ2n) is 3.50. The van der Waals surface area contributed by atoms with E-state index < -0.39 is 0 Å². The molecular weight excluding hydrogens is 291 g/mol. The van der Waals surface area contributed by atoms with Crippen molar-refractivity contribution in [1.82, 2.24) is 0 Å². The fourth-order valence-corrected chi connectivity index (χ4v) is 2.69. The summed E-state index contributed by atoms with van der Waals surface area (Å²) in [6.45, 7) is 2.90. The highest BCUT2D eigenvalue weighted by molar-refractivity contribution is 9.10. The van der Waals surface area contributed by atoms with Crippen molar-refractivity contribution in [2.45, 2.75) is 0 Å². The summed E-state index contributed by atoms with van der Waals surface area (Å²) in [6, 6.07) is 5.78. The lowest BCUT2D eigenvalue weighted by molar-refractivity contribution is 0.122. The summed E-state index contributed by atoms with van der Waals surface area (Å²) in [5.41, 5.74) is 1.41. The lowest BCUT2D eigenvalue weighted by atomic mass is 10.1. The summed E-state index contributed by atoms with van der Waals surface area (Å²) < 4.78 is 6.11. The van der Waals surface area contributed by atoms with Crippen LogP contribution >= 0.6 is 27.5 Å². The molecule has 0 bridgehead atoms. The average Bonchev–Trinajstić information content (AvgIpc) is 2.29. The van der Waals surface area contributed by atoms with Crippen molar-refractivity contribution in [3.63, 3.8) is 0 Å². The zero-order chi connectivity index (χ0) is 11.5. The van der Waals surface area contributed by atoms with Gasteiger partial charge in [0.15, 0.2) is 0 Å². The van der Waals surface area contributed by atoms with Crippen LogP contribution in [-0.4, -0.2) is 26.3 Å². The van der Waals surface area contributed by atoms with Crippen LogP contribution in [0, 0.1) is 11.3 Å². The van der Waals surface area contributed by atoms with E-state index in [-0.39, 0.29) is 0 Å². The zero-order valence-electron chi connectivity index (χ0n) is 8.54. The predicted molar refractivity (Wildman–Crippen MR) is 66.9 cm³/mol. The smallest absolute Gasteiger partial charge is 0.101 e. The maximum atomic E-state index is 9.11. The van der Waals surface area contributed by atoms with E-state index in [2.05, 4.69) is 26.9 Å². The third-order valence-corrected chi connectivity index (χ3v) is 3.22. The van der Waals surface area contributed by atoms with E-state index in [1.807, 2.05) is 6.07 Å². The molecule has 1 fully saturated rings. The van der Waals surface area contributed by atoms with Gasteiger partial charge < -0.3 is 9.64 Å². The Labute approximate surface area is 108 Å². The molecule has 2 rings (SSSR count). The van der Waals surface area contributed by atoms with Crippen molar-refractivity contribution < 1.29 is 4.74 Å². The molecular formula is C11H10BrClN2O. The number of nitrogens with zero attached hydrogens (tertiary/aromatic N) is 2. The van der Waals surface area contributed by atoms with Gasteiger partial charge >= 0.3 is 0 Å². The molecule has 3 nitrogen and oxygen atoms in total. The normalized spacial score (nSPS) is 15.9. The summed E-state index contributed by atoms with van der Waals surface area (Å²) >= 11 is 9.52. The highest BCUT2D eigenvalue weighted by atomic mass is 79.9. The van der Waals surface area contributed by atoms with Crippen molar-refractivity contribution in [2.24, 2.45) is 0 Å². The van der Waals surface area contributed by atoms with Crippen LogP contribution < -0.4 is 4.90 Å². The zero-order valence-corrected chi connectivity index (χ0v) is 10.9. The van der Waals surface area contributed by atoms with Crippen LogP contribution in [0.1, 0.15) is 5.56 Å². The van der Waals surface area contributed by atoms with Crippen molar-refractivity contribution in [3.05, 3.63) is 27.2 Å². The molecule has 0 aromatic heterocycles. The molecule has 16 heavy (non-hydrogen) atoms. The minimum absolute atomic E-state index is 0.598. The summed E-state index contributed by atoms with van der Waals surface area (Å²) in [7, 11) is 0. The number of hydrogen-bond acceptors (Lipinski definition) is 3. The fourth-order valence-electron chi connectivity index (χ4n) is 1.76. The number of nitriles is 1. The molecule has 0 radical (unpaired) electrons. The first-order chi connectivity index (χ1) is 7.72. The van der Waals surface area contributed by atoms with E-state index in [0.29, 0.717) is 23.8 Å². The summed E-state index contributed by atoms with van der Waals surface area (Å²) in [5, 5.41) is 9.72. The second-order valence-corrected chi connectivity index (χ2v) is 4.82. The maximum Gasteiger partial charge on any atom is 0.101 e. The molecule has 1 heterocycles. The third kappa shape index (κ3) is 2.32. The molecule has 1 aliphatic heterocycles. The first-order valence-corrected chi connectivity index (χ1v) is 6.11. The molecule has 1 saturated heterocycles. The van der Waals surface area contributed by atoms with Gasteiger partial charge in [-0.25, -0.2) is 0 Å². The van der Waals surface area contributed by atoms with Crippen LogP contribution in [0.5, 0.6) is 0 Å². The summed E-state index contributed by atoms with van der Waals surface area (Å²) in [5.74, 6) is 0. The SMILES string of the molecule is N#Cc1cc(Br)cc(Cl)c1N1CCOCC1. The van der Waals surface area contributed by atoms with Crippen LogP contribution in [-0.2, 0) is 4.74 Å². The largest absolute Gasteiger partial charge is 0.378 e. The molecule has 1 aromatic carbocycles. The van der Waals surface area contributed by atoms with Gasteiger partial charge in [0.05, 0.1) is 29.5 Å². The lowest BCUT2D eigenvalue weighted by Crippen LogP contribution is -2.36. The Hall–Kier alpha value is -0.760. The topological polar surface area (TPSA) is 36.3 Å². The van der Waals surface area contributed by atoms with Crippen molar-refractivity contribution >= 4 is 33.2 Å². The van der Waals surface area contributed by atoms with E-state index >= 15 is 0 Å². The highest BCUT2D eigenvalue weighted by Crippen LogP contribution is 2.33. The Kier molecular flexibility index (Phi) is 3.70. The summed E-state index contributed by atoms with van der Waals surface area (Å²) in [4.78, 5) is 2.09. The van der Waals surface area contributed by atoms with Gasteiger partial charge in [0.2, 0.25) is 0 Å². The van der Waals surface area contributed by atoms with Crippen LogP contribution in [0.15, 0.2) is 16.6 Å². The van der Waals surface area contributed by atoms with Gasteiger partial charge in [0.25, 0.3) is 0 Å². The predicted octanol–water partition coefficient (Wildman–Crippen LogP) is 2.81. The standard InChI is InChI=1S/C11H10BrClN2O/c12-9-5-8(7-14)11(10(13)6-9)15-1-3-16-4-2-15/h5-6H,1-4H2. The molecule has 0 atom stereocenters. The number of morpholine rings is 1. The van der Waals surface area contributed by atoms with Crippen LogP contribution in [0.4, 0.5) is 5.69 Å². The van der Waals surface area contributed by atoms with Gasteiger partial charge in [0, 0.05) is 17.6 Å². The maximum absolute atomic E-state index is 9.11. The van der Waals surface area contributed by atoms with Crippen LogP contribution in [0.3, 0.4) is 0 Å². The number of anilines is 1. The molecule has 84 valence electrons. The molecule has 0 unspecified atom stereocenters. The summed E-state index contributed by atoms with van der Waals surface area (Å²) in [6.07, 6.45) is 0. The van der Waals surface area contributed by atoms with Gasteiger partial charge in [-0.15, -0.1) is 0 Å². The first kappa shape index (κ1) is 11.7. The molecule has 0 aliphatic carbocycles. The van der Waals surface area contributed by atoms with E-state index in [9.17, 15) is 0 Å². The van der Waals surface area contributed by atoms with Crippen LogP contribution in [0.2, 0.25) is 5.02 Å². The Morgan fingerprint density at radius 1 is 1.38 bits per heavy atom. The second kappa shape index (κ2) is 5.05. The molecule has 1 aliphatic rings. The lowest BCUT2D eigenvalue weighted by Gasteiger charge is -2.30. The van der Waals surface area contributed by atoms with Crippen molar-refractivity contribution in [3.8, 4) is 6.07 Å². The third-order valence-electron chi connectivity index (χ3n) is 2.48. The van der Waals surface area contributed by atoms with E-state index in [1.165, 1.54) is 0 Å². The fraction of sp³-hybridized carbons (Fsp3) is 0.364. The van der Waals surface area contributed by atoms with E-state index in [0.717, 1.165) is 23.2 Å². The van der Waals surface area contributed by atoms with Crippen LogP contribution in [0.25, 0.3) is 0 Å². The Balaban J connectivity index is 2.42. The minimum Gasteiger partial charge on any atom is -0.378 e. The Bertz CT molecular complexity index is 438. The van der Waals surface area contributed by atoms with Gasteiger partial charge in [-0.1, -0.05) is 27.5 Å². The number of rotatable bonds is 1. The number of ether oxygens (including phenoxy) is 1. The van der Waals surface area contributed by atoms with Crippen molar-refractivity contribution in [1.29, 1.82) is 5.26 Å². The van der Waals surface area contributed by atoms with Gasteiger partial charge in [-0.3, -0.25) is 0 Å². The molecule has 0 amide bonds. The molecule has 1 aromatic rings. The van der Waals surface area contributed by atoms with Gasteiger partial charge in [0.1, 0.15) is 6.07 Å². The molecule has 5 heteroatoms. The quantitative estimate of drug-likeness (QED) is 0.800. The van der Waals surface area contributed by atoms with E-state index in [1.54, 1.807) is 6.07 Å². The number of halogens is 2. The van der Waals surface area contributed by atoms with Crippen molar-refractivity contribution in [2.75, 3.05) is 31.2 Å². The molecule has 0 spiro atoms. The first-order valence-electron chi connectivity index (χ1n) is 4.94.